The molecular formula is C34H42N10O3. The average Bonchev–Trinajstić information content (AvgIpc) is 3.78. The molecule has 3 aliphatic heterocycles. The molecule has 13 heteroatoms. The fourth-order valence-corrected chi connectivity index (χ4v) is 8.24. The number of rotatable bonds is 8. The van der Waals surface area contributed by atoms with Crippen LogP contribution in [0.1, 0.15) is 73.6 Å². The predicted molar refractivity (Wildman–Crippen MR) is 177 cm³/mol. The van der Waals surface area contributed by atoms with Gasteiger partial charge in [0.1, 0.15) is 5.69 Å². The van der Waals surface area contributed by atoms with Crippen molar-refractivity contribution in [2.24, 2.45) is 17.3 Å². The molecule has 0 radical (unpaired) electrons. The van der Waals surface area contributed by atoms with Crippen molar-refractivity contribution in [3.05, 3.63) is 47.9 Å². The van der Waals surface area contributed by atoms with E-state index < -0.39 is 0 Å². The van der Waals surface area contributed by atoms with Gasteiger partial charge in [-0.05, 0) is 81.4 Å². The molecule has 0 bridgehead atoms. The highest BCUT2D eigenvalue weighted by Crippen LogP contribution is 2.53. The minimum Gasteiger partial charge on any atom is -0.473 e. The van der Waals surface area contributed by atoms with Crippen LogP contribution in [0.25, 0.3) is 16.9 Å². The number of anilines is 2. The van der Waals surface area contributed by atoms with Crippen LogP contribution in [0.15, 0.2) is 36.8 Å². The van der Waals surface area contributed by atoms with E-state index in [1.165, 1.54) is 32.2 Å². The van der Waals surface area contributed by atoms with Crippen LogP contribution in [-0.4, -0.2) is 91.4 Å². The van der Waals surface area contributed by atoms with Gasteiger partial charge in [0.25, 0.3) is 11.8 Å². The van der Waals surface area contributed by atoms with Crippen molar-refractivity contribution < 1.29 is 14.3 Å². The van der Waals surface area contributed by atoms with Crippen molar-refractivity contribution in [2.75, 3.05) is 42.9 Å². The van der Waals surface area contributed by atoms with Crippen LogP contribution in [0, 0.1) is 17.3 Å². The molecule has 1 saturated carbocycles. The first-order valence-electron chi connectivity index (χ1n) is 16.9. The van der Waals surface area contributed by atoms with Gasteiger partial charge in [-0.25, -0.2) is 4.98 Å². The third-order valence-electron chi connectivity index (χ3n) is 10.6. The third-order valence-corrected chi connectivity index (χ3v) is 10.6. The SMILES string of the molecule is CC(C)Oc1c(-c2cn[nH]c2)ncc2nc(N[C@H]3CCN(CC4CC5(CCN(c6ccc7c(c6)C(=O)NC7=O)CC5)C4)C[C@H]3C)nn12. The predicted octanol–water partition coefficient (Wildman–Crippen LogP) is 4.00. The molecule has 3 aromatic heterocycles. The molecule has 4 aromatic rings. The third kappa shape index (κ3) is 5.60. The standard InChI is InChI=1S/C34H42N10O3/c1-20(2)47-32-29(23-15-36-37-16-23)35-17-28-39-33(41-44(28)32)38-27-6-9-42(18-21(27)3)19-22-13-34(14-22)7-10-43(11-8-34)24-4-5-25-26(12-24)31(46)40-30(25)45/h4-5,12,15-17,20-22,27H,6-11,13-14,18-19H2,1-3H3,(H,36,37)(H,38,41)(H,40,45,46)/t21-,27+/m1/s1. The van der Waals surface area contributed by atoms with Crippen LogP contribution in [0.4, 0.5) is 11.6 Å². The molecule has 13 nitrogen and oxygen atoms in total. The number of amides is 2. The van der Waals surface area contributed by atoms with Crippen LogP contribution in [-0.2, 0) is 0 Å². The van der Waals surface area contributed by atoms with Gasteiger partial charge in [-0.3, -0.25) is 20.0 Å². The lowest BCUT2D eigenvalue weighted by Gasteiger charge is -2.54. The van der Waals surface area contributed by atoms with Gasteiger partial charge in [0.2, 0.25) is 11.8 Å². The number of fused-ring (bicyclic) bond motifs is 2. The first kappa shape index (κ1) is 29.9. The number of aromatic amines is 1. The Labute approximate surface area is 273 Å². The summed E-state index contributed by atoms with van der Waals surface area (Å²) in [4.78, 5) is 38.4. The van der Waals surface area contributed by atoms with Crippen LogP contribution in [0.5, 0.6) is 5.88 Å². The fourth-order valence-electron chi connectivity index (χ4n) is 8.24. The molecule has 2 saturated heterocycles. The number of benzene rings is 1. The van der Waals surface area contributed by atoms with Crippen molar-refractivity contribution in [3.8, 4) is 17.1 Å². The molecule has 0 unspecified atom stereocenters. The molecule has 2 atom stereocenters. The molecule has 2 amide bonds. The zero-order valence-electron chi connectivity index (χ0n) is 27.2. The number of hydrogen-bond acceptors (Lipinski definition) is 10. The molecular weight excluding hydrogens is 596 g/mol. The van der Waals surface area contributed by atoms with E-state index in [1.807, 2.05) is 26.0 Å². The summed E-state index contributed by atoms with van der Waals surface area (Å²) in [5.74, 6) is 1.79. The summed E-state index contributed by atoms with van der Waals surface area (Å²) in [5, 5.41) is 17.7. The number of imide groups is 1. The largest absolute Gasteiger partial charge is 0.473 e. The Bertz CT molecular complexity index is 1800. The Morgan fingerprint density at radius 1 is 1.09 bits per heavy atom. The van der Waals surface area contributed by atoms with Gasteiger partial charge in [0.05, 0.1) is 29.6 Å². The lowest BCUT2D eigenvalue weighted by molar-refractivity contribution is 0.000283. The van der Waals surface area contributed by atoms with E-state index in [0.717, 1.165) is 49.8 Å². The van der Waals surface area contributed by atoms with Gasteiger partial charge in [0.15, 0.2) is 5.65 Å². The van der Waals surface area contributed by atoms with E-state index in [-0.39, 0.29) is 17.9 Å². The number of carbonyl (C=O) groups is 2. The molecule has 1 spiro atoms. The van der Waals surface area contributed by atoms with Gasteiger partial charge >= 0.3 is 0 Å². The second-order valence-corrected chi connectivity index (χ2v) is 14.3. The summed E-state index contributed by atoms with van der Waals surface area (Å²) >= 11 is 0. The summed E-state index contributed by atoms with van der Waals surface area (Å²) in [6, 6.07) is 5.95. The number of nitrogens with one attached hydrogen (secondary N) is 3. The summed E-state index contributed by atoms with van der Waals surface area (Å²) in [6.07, 6.45) is 11.2. The molecule has 4 aliphatic rings. The van der Waals surface area contributed by atoms with Gasteiger partial charge in [-0.1, -0.05) is 6.92 Å². The van der Waals surface area contributed by atoms with Crippen LogP contribution < -0.4 is 20.3 Å². The van der Waals surface area contributed by atoms with Crippen LogP contribution in [0.3, 0.4) is 0 Å². The topological polar surface area (TPSA) is 146 Å². The molecule has 8 rings (SSSR count). The second kappa shape index (κ2) is 11.6. The van der Waals surface area contributed by atoms with Gasteiger partial charge in [-0.2, -0.15) is 14.6 Å². The number of hydrogen-bond donors (Lipinski definition) is 3. The van der Waals surface area contributed by atoms with E-state index in [2.05, 4.69) is 42.5 Å². The maximum atomic E-state index is 12.1. The molecule has 3 N–H and O–H groups in total. The summed E-state index contributed by atoms with van der Waals surface area (Å²) < 4.78 is 7.90. The highest BCUT2D eigenvalue weighted by Gasteiger charge is 2.46. The van der Waals surface area contributed by atoms with E-state index in [1.54, 1.807) is 29.2 Å². The van der Waals surface area contributed by atoms with Gasteiger partial charge in [-0.15, -0.1) is 5.10 Å². The smallest absolute Gasteiger partial charge is 0.259 e. The summed E-state index contributed by atoms with van der Waals surface area (Å²) in [5.41, 5.74) is 4.64. The number of carbonyl (C=O) groups excluding carboxylic acids is 2. The fraction of sp³-hybridized carbons (Fsp3) is 0.529. The zero-order valence-corrected chi connectivity index (χ0v) is 27.2. The van der Waals surface area contributed by atoms with E-state index in [9.17, 15) is 9.59 Å². The monoisotopic (exact) mass is 638 g/mol. The maximum Gasteiger partial charge on any atom is 0.259 e. The van der Waals surface area contributed by atoms with Crippen molar-refractivity contribution >= 4 is 29.1 Å². The summed E-state index contributed by atoms with van der Waals surface area (Å²) in [6.45, 7) is 11.6. The normalized spacial score (nSPS) is 22.9. The number of aromatic nitrogens is 6. The lowest BCUT2D eigenvalue weighted by Crippen LogP contribution is -2.52. The number of likely N-dealkylation sites (tertiary alicyclic amines) is 1. The van der Waals surface area contributed by atoms with Crippen LogP contribution >= 0.6 is 0 Å². The van der Waals surface area contributed by atoms with Crippen molar-refractivity contribution in [2.45, 2.75) is 65.0 Å². The first-order valence-corrected chi connectivity index (χ1v) is 16.9. The molecule has 3 fully saturated rings. The Kier molecular flexibility index (Phi) is 7.38. The highest BCUT2D eigenvalue weighted by atomic mass is 16.5. The Morgan fingerprint density at radius 3 is 2.64 bits per heavy atom. The van der Waals surface area contributed by atoms with E-state index >= 15 is 0 Å². The quantitative estimate of drug-likeness (QED) is 0.242. The number of nitrogens with zero attached hydrogens (tertiary/aromatic N) is 7. The minimum atomic E-state index is -0.293. The summed E-state index contributed by atoms with van der Waals surface area (Å²) in [7, 11) is 0. The van der Waals surface area contributed by atoms with E-state index in [4.69, 9.17) is 14.8 Å². The Morgan fingerprint density at radius 2 is 1.89 bits per heavy atom. The Balaban J connectivity index is 0.838. The van der Waals surface area contributed by atoms with Gasteiger partial charge in [0, 0.05) is 56.2 Å². The zero-order chi connectivity index (χ0) is 32.3. The maximum absolute atomic E-state index is 12.1. The first-order chi connectivity index (χ1) is 22.7. The van der Waals surface area contributed by atoms with Crippen molar-refractivity contribution in [3.63, 3.8) is 0 Å². The second-order valence-electron chi connectivity index (χ2n) is 14.3. The molecule has 6 heterocycles. The van der Waals surface area contributed by atoms with Crippen molar-refractivity contribution in [1.29, 1.82) is 0 Å². The van der Waals surface area contributed by atoms with Crippen LogP contribution in [0.2, 0.25) is 0 Å². The number of piperidine rings is 2. The molecule has 1 aromatic carbocycles. The highest BCUT2D eigenvalue weighted by molar-refractivity contribution is 6.21. The Hall–Kier alpha value is -4.52. The molecule has 246 valence electrons. The molecule has 1 aliphatic carbocycles. The lowest BCUT2D eigenvalue weighted by atomic mass is 9.57. The van der Waals surface area contributed by atoms with Crippen molar-refractivity contribution in [1.82, 2.24) is 40.0 Å². The average molecular weight is 639 g/mol. The van der Waals surface area contributed by atoms with Gasteiger partial charge < -0.3 is 19.9 Å². The number of ether oxygens (including phenoxy) is 1. The molecule has 47 heavy (non-hydrogen) atoms. The number of H-pyrrole nitrogens is 1. The minimum absolute atomic E-state index is 0.0498. The van der Waals surface area contributed by atoms with E-state index in [0.29, 0.717) is 51.7 Å².